The number of anilines is 1. The van der Waals surface area contributed by atoms with Gasteiger partial charge in [-0.1, -0.05) is 65.8 Å². The lowest BCUT2D eigenvalue weighted by Gasteiger charge is -2.29. The number of aliphatic hydroxyl groups excluding tert-OH is 1. The van der Waals surface area contributed by atoms with Crippen molar-refractivity contribution < 1.29 is 23.5 Å². The molecule has 1 fully saturated rings. The molecule has 4 aromatic rings. The second-order valence-corrected chi connectivity index (χ2v) is 9.18. The Balaban J connectivity index is 1.34. The molecule has 2 aromatic heterocycles. The molecular formula is C29H33N3O5. The molecule has 1 aliphatic rings. The number of morpholine rings is 1. The SMILES string of the molecule is OC(COCc1ccccc1)CN(Cc1ccco1)Cc1c(-c2ccccc2)noc1N1CCOCC1. The maximum Gasteiger partial charge on any atom is 0.232 e. The normalized spacial score (nSPS) is 14.8. The molecule has 1 saturated heterocycles. The van der Waals surface area contributed by atoms with Crippen molar-refractivity contribution >= 4 is 5.88 Å². The average Bonchev–Trinajstić information content (AvgIpc) is 3.60. The highest BCUT2D eigenvalue weighted by molar-refractivity contribution is 5.68. The van der Waals surface area contributed by atoms with E-state index < -0.39 is 6.10 Å². The Bertz CT molecular complexity index is 1190. The largest absolute Gasteiger partial charge is 0.468 e. The van der Waals surface area contributed by atoms with E-state index in [1.807, 2.05) is 72.8 Å². The Morgan fingerprint density at radius 3 is 2.43 bits per heavy atom. The molecule has 0 amide bonds. The molecule has 8 nitrogen and oxygen atoms in total. The zero-order valence-electron chi connectivity index (χ0n) is 20.9. The van der Waals surface area contributed by atoms with Gasteiger partial charge in [-0.25, -0.2) is 0 Å². The monoisotopic (exact) mass is 503 g/mol. The predicted molar refractivity (Wildman–Crippen MR) is 140 cm³/mol. The summed E-state index contributed by atoms with van der Waals surface area (Å²) in [4.78, 5) is 4.33. The minimum atomic E-state index is -0.675. The van der Waals surface area contributed by atoms with E-state index in [1.54, 1.807) is 6.26 Å². The summed E-state index contributed by atoms with van der Waals surface area (Å²) in [6.07, 6.45) is 0.992. The fourth-order valence-electron chi connectivity index (χ4n) is 4.55. The zero-order chi connectivity index (χ0) is 25.3. The van der Waals surface area contributed by atoms with Crippen LogP contribution >= 0.6 is 0 Å². The van der Waals surface area contributed by atoms with Crippen LogP contribution in [0, 0.1) is 0 Å². The van der Waals surface area contributed by atoms with Crippen LogP contribution in [0.2, 0.25) is 0 Å². The Kier molecular flexibility index (Phi) is 8.66. The van der Waals surface area contributed by atoms with Gasteiger partial charge in [-0.05, 0) is 17.7 Å². The van der Waals surface area contributed by atoms with Gasteiger partial charge in [-0.2, -0.15) is 0 Å². The number of ether oxygens (including phenoxy) is 2. The highest BCUT2D eigenvalue weighted by Gasteiger charge is 2.26. The summed E-state index contributed by atoms with van der Waals surface area (Å²) >= 11 is 0. The van der Waals surface area contributed by atoms with E-state index in [-0.39, 0.29) is 6.61 Å². The number of hydrogen-bond acceptors (Lipinski definition) is 8. The first kappa shape index (κ1) is 25.2. The second-order valence-electron chi connectivity index (χ2n) is 9.18. The molecule has 0 aliphatic carbocycles. The van der Waals surface area contributed by atoms with Gasteiger partial charge in [0, 0.05) is 31.7 Å². The molecule has 1 N–H and O–H groups in total. The summed E-state index contributed by atoms with van der Waals surface area (Å²) in [6.45, 7) is 4.92. The smallest absolute Gasteiger partial charge is 0.232 e. The number of furan rings is 1. The molecule has 0 spiro atoms. The first-order chi connectivity index (χ1) is 18.3. The standard InChI is InChI=1S/C29H33N3O5/c33-25(22-35-21-23-8-3-1-4-9-23)18-31(19-26-12-7-15-36-26)20-27-28(24-10-5-2-6-11-24)30-37-29(27)32-13-16-34-17-14-32/h1-12,15,25,33H,13-14,16-22H2. The lowest BCUT2D eigenvalue weighted by Crippen LogP contribution is -2.38. The van der Waals surface area contributed by atoms with Crippen LogP contribution < -0.4 is 4.90 Å². The summed E-state index contributed by atoms with van der Waals surface area (Å²) in [7, 11) is 0. The van der Waals surface area contributed by atoms with Gasteiger partial charge < -0.3 is 28.4 Å². The van der Waals surface area contributed by atoms with Crippen molar-refractivity contribution in [1.82, 2.24) is 10.1 Å². The fourth-order valence-corrected chi connectivity index (χ4v) is 4.55. The molecule has 3 heterocycles. The maximum absolute atomic E-state index is 10.9. The summed E-state index contributed by atoms with van der Waals surface area (Å²) in [5.41, 5.74) is 3.86. The van der Waals surface area contributed by atoms with Crippen molar-refractivity contribution in [2.45, 2.75) is 25.8 Å². The van der Waals surface area contributed by atoms with Crippen molar-refractivity contribution in [3.05, 3.63) is 95.9 Å². The van der Waals surface area contributed by atoms with Crippen LogP contribution in [-0.4, -0.2) is 60.7 Å². The number of nitrogens with zero attached hydrogens (tertiary/aromatic N) is 3. The lowest BCUT2D eigenvalue weighted by atomic mass is 10.1. The van der Waals surface area contributed by atoms with E-state index in [0.717, 1.165) is 47.1 Å². The summed E-state index contributed by atoms with van der Waals surface area (Å²) in [5, 5.41) is 15.4. The Hall–Kier alpha value is -3.43. The summed E-state index contributed by atoms with van der Waals surface area (Å²) in [5.74, 6) is 1.57. The number of benzene rings is 2. The third kappa shape index (κ3) is 6.87. The van der Waals surface area contributed by atoms with Gasteiger partial charge in [0.1, 0.15) is 11.5 Å². The minimum Gasteiger partial charge on any atom is -0.468 e. The molecule has 0 radical (unpaired) electrons. The number of aliphatic hydroxyl groups is 1. The number of aromatic nitrogens is 1. The van der Waals surface area contributed by atoms with E-state index in [4.69, 9.17) is 18.4 Å². The third-order valence-electron chi connectivity index (χ3n) is 6.34. The average molecular weight is 504 g/mol. The summed E-state index contributed by atoms with van der Waals surface area (Å²) < 4.78 is 22.9. The van der Waals surface area contributed by atoms with Crippen molar-refractivity contribution in [3.63, 3.8) is 0 Å². The van der Waals surface area contributed by atoms with Crippen LogP contribution in [0.25, 0.3) is 11.3 Å². The molecule has 1 aliphatic heterocycles. The molecule has 0 saturated carbocycles. The maximum atomic E-state index is 10.9. The van der Waals surface area contributed by atoms with Gasteiger partial charge in [-0.3, -0.25) is 4.90 Å². The number of rotatable bonds is 12. The van der Waals surface area contributed by atoms with Crippen molar-refractivity contribution in [3.8, 4) is 11.3 Å². The number of hydrogen-bond donors (Lipinski definition) is 1. The molecule has 1 atom stereocenters. The van der Waals surface area contributed by atoms with E-state index in [2.05, 4.69) is 15.0 Å². The Labute approximate surface area is 217 Å². The lowest BCUT2D eigenvalue weighted by molar-refractivity contribution is 0.00614. The quantitative estimate of drug-likeness (QED) is 0.306. The van der Waals surface area contributed by atoms with E-state index in [9.17, 15) is 5.11 Å². The Morgan fingerprint density at radius 1 is 0.946 bits per heavy atom. The zero-order valence-corrected chi connectivity index (χ0v) is 20.9. The van der Waals surface area contributed by atoms with Crippen LogP contribution in [0.5, 0.6) is 0 Å². The topological polar surface area (TPSA) is 84.3 Å². The Morgan fingerprint density at radius 2 is 1.70 bits per heavy atom. The first-order valence-corrected chi connectivity index (χ1v) is 12.7. The molecule has 0 bridgehead atoms. The van der Waals surface area contributed by atoms with Gasteiger partial charge in [0.15, 0.2) is 0 Å². The van der Waals surface area contributed by atoms with Gasteiger partial charge >= 0.3 is 0 Å². The molecule has 2 aromatic carbocycles. The molecule has 194 valence electrons. The van der Waals surface area contributed by atoms with E-state index in [1.165, 1.54) is 0 Å². The second kappa shape index (κ2) is 12.7. The van der Waals surface area contributed by atoms with Crippen LogP contribution in [0.4, 0.5) is 5.88 Å². The van der Waals surface area contributed by atoms with E-state index >= 15 is 0 Å². The highest BCUT2D eigenvalue weighted by atomic mass is 16.5. The van der Waals surface area contributed by atoms with Gasteiger partial charge in [-0.15, -0.1) is 0 Å². The van der Waals surface area contributed by atoms with Crippen molar-refractivity contribution in [1.29, 1.82) is 0 Å². The van der Waals surface area contributed by atoms with Gasteiger partial charge in [0.2, 0.25) is 5.88 Å². The van der Waals surface area contributed by atoms with Gasteiger partial charge in [0.05, 0.1) is 50.9 Å². The predicted octanol–water partition coefficient (Wildman–Crippen LogP) is 4.35. The van der Waals surface area contributed by atoms with E-state index in [0.29, 0.717) is 39.5 Å². The fraction of sp³-hybridized carbons (Fsp3) is 0.345. The highest BCUT2D eigenvalue weighted by Crippen LogP contribution is 2.33. The van der Waals surface area contributed by atoms with Crippen LogP contribution in [0.1, 0.15) is 16.9 Å². The molecule has 8 heteroatoms. The first-order valence-electron chi connectivity index (χ1n) is 12.7. The van der Waals surface area contributed by atoms with Crippen LogP contribution in [0.3, 0.4) is 0 Å². The molecule has 1 unspecified atom stereocenters. The minimum absolute atomic E-state index is 0.231. The molecule has 5 rings (SSSR count). The van der Waals surface area contributed by atoms with Crippen molar-refractivity contribution in [2.24, 2.45) is 0 Å². The van der Waals surface area contributed by atoms with Crippen LogP contribution in [0.15, 0.2) is 88.0 Å². The van der Waals surface area contributed by atoms with Crippen LogP contribution in [-0.2, 0) is 29.2 Å². The molecular weight excluding hydrogens is 470 g/mol. The summed E-state index contributed by atoms with van der Waals surface area (Å²) in [6, 6.07) is 23.8. The van der Waals surface area contributed by atoms with Crippen molar-refractivity contribution in [2.75, 3.05) is 44.4 Å². The van der Waals surface area contributed by atoms with Gasteiger partial charge in [0.25, 0.3) is 0 Å². The molecule has 37 heavy (non-hydrogen) atoms. The third-order valence-corrected chi connectivity index (χ3v) is 6.34.